The first-order chi connectivity index (χ1) is 11.2. The van der Waals surface area contributed by atoms with Gasteiger partial charge in [-0.1, -0.05) is 43.7 Å². The van der Waals surface area contributed by atoms with Gasteiger partial charge >= 0.3 is 0 Å². The highest BCUT2D eigenvalue weighted by Gasteiger charge is 2.25. The standard InChI is InChI=1S/C18H17NO3S/c1-2-3-10-22-15-9-8-12-6-4-5-7-13(12)14(15)11-16-17(20)19-18(21)23-16/h4-9,11H,2-3,10H2,1H3,(H,19,20,21)/b16-11-. The van der Waals surface area contributed by atoms with Crippen molar-refractivity contribution in [3.05, 3.63) is 46.9 Å². The van der Waals surface area contributed by atoms with Gasteiger partial charge in [0.2, 0.25) is 0 Å². The van der Waals surface area contributed by atoms with Crippen molar-refractivity contribution < 1.29 is 14.3 Å². The summed E-state index contributed by atoms with van der Waals surface area (Å²) in [5.41, 5.74) is 0.839. The van der Waals surface area contributed by atoms with Gasteiger partial charge in [-0.15, -0.1) is 0 Å². The Morgan fingerprint density at radius 1 is 1.17 bits per heavy atom. The van der Waals surface area contributed by atoms with Crippen LogP contribution in [0, 0.1) is 0 Å². The van der Waals surface area contributed by atoms with Crippen LogP contribution in [0.15, 0.2) is 41.3 Å². The van der Waals surface area contributed by atoms with Crippen LogP contribution in [0.25, 0.3) is 16.8 Å². The molecule has 0 unspecified atom stereocenters. The van der Waals surface area contributed by atoms with Gasteiger partial charge in [-0.25, -0.2) is 0 Å². The van der Waals surface area contributed by atoms with Crippen LogP contribution in [-0.2, 0) is 4.79 Å². The first-order valence-corrected chi connectivity index (χ1v) is 8.40. The fraction of sp³-hybridized carbons (Fsp3) is 0.222. The summed E-state index contributed by atoms with van der Waals surface area (Å²) in [5, 5.41) is 4.01. The molecule has 1 N–H and O–H groups in total. The van der Waals surface area contributed by atoms with Crippen molar-refractivity contribution in [3.63, 3.8) is 0 Å². The van der Waals surface area contributed by atoms with Gasteiger partial charge < -0.3 is 4.74 Å². The van der Waals surface area contributed by atoms with Gasteiger partial charge in [0.1, 0.15) is 5.75 Å². The topological polar surface area (TPSA) is 55.4 Å². The van der Waals surface area contributed by atoms with E-state index in [9.17, 15) is 9.59 Å². The van der Waals surface area contributed by atoms with Crippen LogP contribution in [0.5, 0.6) is 5.75 Å². The van der Waals surface area contributed by atoms with Gasteiger partial charge in [0, 0.05) is 5.56 Å². The van der Waals surface area contributed by atoms with E-state index in [4.69, 9.17) is 4.74 Å². The van der Waals surface area contributed by atoms with E-state index < -0.39 is 0 Å². The van der Waals surface area contributed by atoms with E-state index in [0.29, 0.717) is 11.5 Å². The van der Waals surface area contributed by atoms with Crippen LogP contribution in [0.1, 0.15) is 25.3 Å². The number of unbranched alkanes of at least 4 members (excludes halogenated alkanes) is 1. The van der Waals surface area contributed by atoms with Crippen LogP contribution in [-0.4, -0.2) is 17.8 Å². The van der Waals surface area contributed by atoms with E-state index in [2.05, 4.69) is 12.2 Å². The molecule has 0 bridgehead atoms. The average molecular weight is 327 g/mol. The van der Waals surface area contributed by atoms with Gasteiger partial charge in [0.05, 0.1) is 11.5 Å². The van der Waals surface area contributed by atoms with E-state index in [1.165, 1.54) is 0 Å². The zero-order valence-corrected chi connectivity index (χ0v) is 13.6. The van der Waals surface area contributed by atoms with Gasteiger partial charge in [-0.3, -0.25) is 14.9 Å². The Kier molecular flexibility index (Phi) is 4.67. The van der Waals surface area contributed by atoms with Crippen molar-refractivity contribution in [3.8, 4) is 5.75 Å². The molecule has 0 aliphatic carbocycles. The number of ether oxygens (including phenoxy) is 1. The molecule has 3 rings (SSSR count). The van der Waals surface area contributed by atoms with E-state index in [1.54, 1.807) is 6.08 Å². The summed E-state index contributed by atoms with van der Waals surface area (Å²) < 4.78 is 5.89. The van der Waals surface area contributed by atoms with Crippen molar-refractivity contribution in [1.29, 1.82) is 0 Å². The number of nitrogens with one attached hydrogen (secondary N) is 1. The van der Waals surface area contributed by atoms with Crippen molar-refractivity contribution in [2.24, 2.45) is 0 Å². The van der Waals surface area contributed by atoms with Crippen LogP contribution in [0.2, 0.25) is 0 Å². The third-order valence-electron chi connectivity index (χ3n) is 3.60. The van der Waals surface area contributed by atoms with Crippen LogP contribution < -0.4 is 10.1 Å². The number of fused-ring (bicyclic) bond motifs is 1. The van der Waals surface area contributed by atoms with E-state index in [0.717, 1.165) is 46.7 Å². The number of carbonyl (C=O) groups excluding carboxylic acids is 2. The molecule has 2 aromatic rings. The Balaban J connectivity index is 2.07. The minimum absolute atomic E-state index is 0.338. The van der Waals surface area contributed by atoms with E-state index >= 15 is 0 Å². The molecule has 4 nitrogen and oxygen atoms in total. The first kappa shape index (κ1) is 15.6. The highest BCUT2D eigenvalue weighted by Crippen LogP contribution is 2.34. The molecule has 0 saturated carbocycles. The third kappa shape index (κ3) is 3.40. The lowest BCUT2D eigenvalue weighted by molar-refractivity contribution is -0.115. The first-order valence-electron chi connectivity index (χ1n) is 7.58. The predicted octanol–water partition coefficient (Wildman–Crippen LogP) is 4.34. The highest BCUT2D eigenvalue weighted by molar-refractivity contribution is 8.18. The molecule has 2 aromatic carbocycles. The molecule has 1 aliphatic heterocycles. The monoisotopic (exact) mass is 327 g/mol. The maximum absolute atomic E-state index is 11.8. The quantitative estimate of drug-likeness (QED) is 0.655. The molecular weight excluding hydrogens is 310 g/mol. The zero-order chi connectivity index (χ0) is 16.2. The van der Waals surface area contributed by atoms with Crippen molar-refractivity contribution in [2.75, 3.05) is 6.61 Å². The minimum atomic E-state index is -0.354. The summed E-state index contributed by atoms with van der Waals surface area (Å²) in [6.45, 7) is 2.74. The Hall–Kier alpha value is -2.27. The van der Waals surface area contributed by atoms with Gasteiger partial charge in [0.15, 0.2) is 0 Å². The third-order valence-corrected chi connectivity index (χ3v) is 4.41. The molecular formula is C18H17NO3S. The number of imide groups is 1. The maximum Gasteiger partial charge on any atom is 0.290 e. The molecule has 0 atom stereocenters. The average Bonchev–Trinajstić information content (AvgIpc) is 2.87. The fourth-order valence-electron chi connectivity index (χ4n) is 2.43. The summed E-state index contributed by atoms with van der Waals surface area (Å²) in [4.78, 5) is 23.6. The number of hydrogen-bond acceptors (Lipinski definition) is 4. The molecule has 2 amide bonds. The Labute approximate surface area is 138 Å². The SMILES string of the molecule is CCCCOc1ccc2ccccc2c1/C=C1\SC(=O)NC1=O. The van der Waals surface area contributed by atoms with Gasteiger partial charge in [0.25, 0.3) is 11.1 Å². The maximum atomic E-state index is 11.8. The molecule has 1 aliphatic rings. The highest BCUT2D eigenvalue weighted by atomic mass is 32.2. The molecule has 0 aromatic heterocycles. The number of amides is 2. The van der Waals surface area contributed by atoms with Crippen LogP contribution in [0.4, 0.5) is 4.79 Å². The number of rotatable bonds is 5. The molecule has 118 valence electrons. The Morgan fingerprint density at radius 2 is 2.00 bits per heavy atom. The second-order valence-corrected chi connectivity index (χ2v) is 6.27. The largest absolute Gasteiger partial charge is 0.493 e. The summed E-state index contributed by atoms with van der Waals surface area (Å²) in [6.07, 6.45) is 3.77. The molecule has 0 radical (unpaired) electrons. The molecule has 1 fully saturated rings. The normalized spacial score (nSPS) is 16.1. The zero-order valence-electron chi connectivity index (χ0n) is 12.8. The lowest BCUT2D eigenvalue weighted by Crippen LogP contribution is -2.17. The molecule has 23 heavy (non-hydrogen) atoms. The molecule has 0 spiro atoms. The second kappa shape index (κ2) is 6.87. The Morgan fingerprint density at radius 3 is 2.74 bits per heavy atom. The number of carbonyl (C=O) groups is 2. The van der Waals surface area contributed by atoms with Crippen molar-refractivity contribution in [1.82, 2.24) is 5.32 Å². The minimum Gasteiger partial charge on any atom is -0.493 e. The summed E-state index contributed by atoms with van der Waals surface area (Å²) in [5.74, 6) is 0.379. The Bertz CT molecular complexity index is 798. The van der Waals surface area contributed by atoms with Gasteiger partial charge in [-0.2, -0.15) is 0 Å². The number of hydrogen-bond donors (Lipinski definition) is 1. The fourth-order valence-corrected chi connectivity index (χ4v) is 3.09. The molecule has 1 saturated heterocycles. The second-order valence-electron chi connectivity index (χ2n) is 5.25. The van der Waals surface area contributed by atoms with Gasteiger partial charge in [-0.05, 0) is 41.1 Å². The van der Waals surface area contributed by atoms with Crippen molar-refractivity contribution >= 4 is 39.8 Å². The number of thioether (sulfide) groups is 1. The lowest BCUT2D eigenvalue weighted by atomic mass is 10.0. The summed E-state index contributed by atoms with van der Waals surface area (Å²) in [7, 11) is 0. The molecule has 1 heterocycles. The van der Waals surface area contributed by atoms with Crippen molar-refractivity contribution in [2.45, 2.75) is 19.8 Å². The summed E-state index contributed by atoms with van der Waals surface area (Å²) in [6, 6.07) is 11.9. The lowest BCUT2D eigenvalue weighted by Gasteiger charge is -2.12. The predicted molar refractivity (Wildman–Crippen MR) is 93.5 cm³/mol. The van der Waals surface area contributed by atoms with E-state index in [1.807, 2.05) is 36.4 Å². The number of benzene rings is 2. The molecule has 5 heteroatoms. The summed E-state index contributed by atoms with van der Waals surface area (Å²) >= 11 is 0.920. The van der Waals surface area contributed by atoms with Crippen LogP contribution in [0.3, 0.4) is 0 Å². The van der Waals surface area contributed by atoms with Crippen LogP contribution >= 0.6 is 11.8 Å². The van der Waals surface area contributed by atoms with E-state index in [-0.39, 0.29) is 11.1 Å². The smallest absolute Gasteiger partial charge is 0.290 e.